The maximum absolute atomic E-state index is 12.5. The number of aryl methyl sites for hydroxylation is 1. The number of nitrogens with zero attached hydrogens (tertiary/aromatic N) is 3. The number of para-hydroxylation sites is 3. The van der Waals surface area contributed by atoms with Gasteiger partial charge in [-0.1, -0.05) is 48.2 Å². The van der Waals surface area contributed by atoms with Crippen molar-refractivity contribution >= 4 is 34.4 Å². The number of nitriles is 1. The molecule has 1 N–H and O–H groups in total. The van der Waals surface area contributed by atoms with E-state index in [0.717, 1.165) is 27.4 Å². The molecule has 6 heteroatoms. The molecule has 1 amide bonds. The van der Waals surface area contributed by atoms with Crippen molar-refractivity contribution in [2.24, 2.45) is 0 Å². The van der Waals surface area contributed by atoms with Crippen molar-refractivity contribution in [3.63, 3.8) is 0 Å². The van der Waals surface area contributed by atoms with Gasteiger partial charge in [-0.3, -0.25) is 9.36 Å². The number of carbonyl (C=O) groups excluding carboxylic acids is 1. The molecule has 0 atom stereocenters. The van der Waals surface area contributed by atoms with E-state index in [2.05, 4.69) is 35.0 Å². The van der Waals surface area contributed by atoms with Crippen LogP contribution in [-0.4, -0.2) is 21.2 Å². The Morgan fingerprint density at radius 2 is 1.90 bits per heavy atom. The summed E-state index contributed by atoms with van der Waals surface area (Å²) in [5.41, 5.74) is 5.01. The maximum atomic E-state index is 12.5. The normalized spacial score (nSPS) is 10.6. The number of amides is 1. The molecule has 1 aromatic heterocycles. The molecule has 0 aliphatic carbocycles. The zero-order valence-corrected chi connectivity index (χ0v) is 16.6. The van der Waals surface area contributed by atoms with Crippen LogP contribution >= 0.6 is 11.8 Å². The number of rotatable bonds is 5. The van der Waals surface area contributed by atoms with Crippen molar-refractivity contribution in [3.05, 3.63) is 83.9 Å². The molecule has 0 fully saturated rings. The topological polar surface area (TPSA) is 70.7 Å². The predicted octanol–water partition coefficient (Wildman–Crippen LogP) is 4.94. The molecule has 0 aliphatic rings. The average molecular weight is 398 g/mol. The van der Waals surface area contributed by atoms with Crippen LogP contribution in [0.3, 0.4) is 0 Å². The fourth-order valence-corrected chi connectivity index (χ4v) is 3.95. The predicted molar refractivity (Wildman–Crippen MR) is 116 cm³/mol. The van der Waals surface area contributed by atoms with Crippen molar-refractivity contribution in [2.75, 3.05) is 11.1 Å². The minimum Gasteiger partial charge on any atom is -0.324 e. The van der Waals surface area contributed by atoms with Gasteiger partial charge in [0.15, 0.2) is 5.16 Å². The molecule has 0 saturated heterocycles. The van der Waals surface area contributed by atoms with Crippen LogP contribution in [0.1, 0.15) is 11.1 Å². The molecule has 0 unspecified atom stereocenters. The monoisotopic (exact) mass is 398 g/mol. The SMILES string of the molecule is Cc1cccc(-n2c(SCC(=O)Nc3ccccc3C#N)nc3ccccc32)c1. The Hall–Kier alpha value is -3.56. The molecular formula is C23H18N4OS. The smallest absolute Gasteiger partial charge is 0.234 e. The van der Waals surface area contributed by atoms with Gasteiger partial charge in [-0.15, -0.1) is 0 Å². The summed E-state index contributed by atoms with van der Waals surface area (Å²) in [6, 6.07) is 25.2. The van der Waals surface area contributed by atoms with Crippen LogP contribution in [0.2, 0.25) is 0 Å². The van der Waals surface area contributed by atoms with Gasteiger partial charge < -0.3 is 5.32 Å². The summed E-state index contributed by atoms with van der Waals surface area (Å²) in [5.74, 6) is 0.00934. The van der Waals surface area contributed by atoms with Gasteiger partial charge in [0.05, 0.1) is 28.0 Å². The zero-order chi connectivity index (χ0) is 20.2. The van der Waals surface area contributed by atoms with Gasteiger partial charge in [0.25, 0.3) is 0 Å². The Balaban J connectivity index is 1.61. The highest BCUT2D eigenvalue weighted by Crippen LogP contribution is 2.28. The van der Waals surface area contributed by atoms with Gasteiger partial charge in [0.1, 0.15) is 6.07 Å². The molecule has 0 bridgehead atoms. The minimum absolute atomic E-state index is 0.180. The number of fused-ring (bicyclic) bond motifs is 1. The van der Waals surface area contributed by atoms with E-state index in [1.807, 2.05) is 36.4 Å². The van der Waals surface area contributed by atoms with E-state index in [1.54, 1.807) is 24.3 Å². The van der Waals surface area contributed by atoms with Crippen LogP contribution in [0.4, 0.5) is 5.69 Å². The third-order valence-corrected chi connectivity index (χ3v) is 5.38. The lowest BCUT2D eigenvalue weighted by Gasteiger charge is -2.10. The summed E-state index contributed by atoms with van der Waals surface area (Å²) >= 11 is 1.37. The quantitative estimate of drug-likeness (QED) is 0.484. The lowest BCUT2D eigenvalue weighted by molar-refractivity contribution is -0.113. The van der Waals surface area contributed by atoms with Crippen molar-refractivity contribution < 1.29 is 4.79 Å². The number of imidazole rings is 1. The Labute approximate surface area is 173 Å². The van der Waals surface area contributed by atoms with E-state index in [0.29, 0.717) is 11.3 Å². The van der Waals surface area contributed by atoms with Crippen molar-refractivity contribution in [1.29, 1.82) is 5.26 Å². The average Bonchev–Trinajstić information content (AvgIpc) is 3.11. The number of aromatic nitrogens is 2. The second kappa shape index (κ2) is 8.21. The van der Waals surface area contributed by atoms with Gasteiger partial charge in [0, 0.05) is 5.69 Å². The maximum Gasteiger partial charge on any atom is 0.234 e. The van der Waals surface area contributed by atoms with E-state index >= 15 is 0 Å². The molecule has 0 spiro atoms. The standard InChI is InChI=1S/C23H18N4OS/c1-16-7-6-9-18(13-16)27-21-12-5-4-11-20(21)26-23(27)29-15-22(28)25-19-10-3-2-8-17(19)14-24/h2-13H,15H2,1H3,(H,25,28). The Kier molecular flexibility index (Phi) is 5.32. The van der Waals surface area contributed by atoms with Crippen LogP contribution in [0.5, 0.6) is 0 Å². The van der Waals surface area contributed by atoms with Crippen LogP contribution in [0.25, 0.3) is 16.7 Å². The molecule has 0 saturated carbocycles. The summed E-state index contributed by atoms with van der Waals surface area (Å²) in [6.45, 7) is 2.05. The van der Waals surface area contributed by atoms with Crippen LogP contribution in [0, 0.1) is 18.3 Å². The minimum atomic E-state index is -0.180. The molecule has 29 heavy (non-hydrogen) atoms. The largest absolute Gasteiger partial charge is 0.324 e. The van der Waals surface area contributed by atoms with Crippen molar-refractivity contribution in [2.45, 2.75) is 12.1 Å². The fraction of sp³-hybridized carbons (Fsp3) is 0.0870. The fourth-order valence-electron chi connectivity index (χ4n) is 3.12. The summed E-state index contributed by atoms with van der Waals surface area (Å²) in [4.78, 5) is 17.2. The number of thioether (sulfide) groups is 1. The lowest BCUT2D eigenvalue weighted by Crippen LogP contribution is -2.15. The highest BCUT2D eigenvalue weighted by atomic mass is 32.2. The first-order chi connectivity index (χ1) is 14.2. The second-order valence-electron chi connectivity index (χ2n) is 6.55. The molecule has 3 aromatic carbocycles. The molecule has 0 radical (unpaired) electrons. The molecule has 5 nitrogen and oxygen atoms in total. The van der Waals surface area contributed by atoms with Crippen LogP contribution < -0.4 is 5.32 Å². The Morgan fingerprint density at radius 1 is 1.10 bits per heavy atom. The molecule has 4 aromatic rings. The number of anilines is 1. The van der Waals surface area contributed by atoms with Gasteiger partial charge >= 0.3 is 0 Å². The van der Waals surface area contributed by atoms with Crippen LogP contribution in [-0.2, 0) is 4.79 Å². The molecule has 0 aliphatic heterocycles. The molecule has 142 valence electrons. The number of nitrogens with one attached hydrogen (secondary N) is 1. The number of hydrogen-bond donors (Lipinski definition) is 1. The van der Waals surface area contributed by atoms with E-state index in [1.165, 1.54) is 11.8 Å². The highest BCUT2D eigenvalue weighted by molar-refractivity contribution is 7.99. The first-order valence-corrected chi connectivity index (χ1v) is 10.1. The first kappa shape index (κ1) is 18.8. The van der Waals surface area contributed by atoms with Gasteiger partial charge in [-0.25, -0.2) is 4.98 Å². The van der Waals surface area contributed by atoms with Crippen LogP contribution in [0.15, 0.2) is 78.0 Å². The zero-order valence-electron chi connectivity index (χ0n) is 15.8. The van der Waals surface area contributed by atoms with E-state index in [9.17, 15) is 10.1 Å². The first-order valence-electron chi connectivity index (χ1n) is 9.12. The third kappa shape index (κ3) is 4.00. The molecular weight excluding hydrogens is 380 g/mol. The summed E-state index contributed by atoms with van der Waals surface area (Å²) in [5, 5.41) is 12.7. The lowest BCUT2D eigenvalue weighted by atomic mass is 10.2. The van der Waals surface area contributed by atoms with E-state index in [-0.39, 0.29) is 11.7 Å². The number of benzene rings is 3. The molecule has 1 heterocycles. The van der Waals surface area contributed by atoms with Crippen molar-refractivity contribution in [3.8, 4) is 11.8 Å². The number of hydrogen-bond acceptors (Lipinski definition) is 4. The number of carbonyl (C=O) groups is 1. The molecule has 4 rings (SSSR count). The summed E-state index contributed by atoms with van der Waals surface area (Å²) in [6.07, 6.45) is 0. The van der Waals surface area contributed by atoms with Gasteiger partial charge in [0.2, 0.25) is 5.91 Å². The van der Waals surface area contributed by atoms with E-state index < -0.39 is 0 Å². The van der Waals surface area contributed by atoms with Crippen molar-refractivity contribution in [1.82, 2.24) is 9.55 Å². The summed E-state index contributed by atoms with van der Waals surface area (Å²) < 4.78 is 2.07. The Morgan fingerprint density at radius 3 is 2.72 bits per heavy atom. The van der Waals surface area contributed by atoms with Gasteiger partial charge in [-0.05, 0) is 48.9 Å². The second-order valence-corrected chi connectivity index (χ2v) is 7.49. The summed E-state index contributed by atoms with van der Waals surface area (Å²) in [7, 11) is 0. The van der Waals surface area contributed by atoms with E-state index in [4.69, 9.17) is 4.98 Å². The Bertz CT molecular complexity index is 1240. The third-order valence-electron chi connectivity index (χ3n) is 4.44. The highest BCUT2D eigenvalue weighted by Gasteiger charge is 2.15. The van der Waals surface area contributed by atoms with Gasteiger partial charge in [-0.2, -0.15) is 5.26 Å².